The van der Waals surface area contributed by atoms with Gasteiger partial charge in [0.15, 0.2) is 0 Å². The molecule has 0 saturated carbocycles. The van der Waals surface area contributed by atoms with Crippen LogP contribution in [0.15, 0.2) is 218 Å². The molecule has 1 nitrogen and oxygen atoms in total. The summed E-state index contributed by atoms with van der Waals surface area (Å²) in [5.41, 5.74) is 13.5. The monoisotopic (exact) mass is 700 g/mol. The fourth-order valence-corrected chi connectivity index (χ4v) is 9.94. The van der Waals surface area contributed by atoms with Crippen LogP contribution < -0.4 is 4.74 Å². The molecule has 11 rings (SSSR count). The van der Waals surface area contributed by atoms with Crippen LogP contribution in [0, 0.1) is 0 Å². The summed E-state index contributed by atoms with van der Waals surface area (Å²) in [5.74, 6) is 1.75. The Bertz CT molecular complexity index is 2800. The summed E-state index contributed by atoms with van der Waals surface area (Å²) in [5, 5.41) is 2.52. The smallest absolute Gasteiger partial charge is 0.132 e. The largest absolute Gasteiger partial charge is 0.457 e. The third-order valence-corrected chi connectivity index (χ3v) is 12.1. The summed E-state index contributed by atoms with van der Waals surface area (Å²) in [7, 11) is 0. The van der Waals surface area contributed by atoms with E-state index in [1.807, 2.05) is 0 Å². The van der Waals surface area contributed by atoms with Gasteiger partial charge in [-0.25, -0.2) is 0 Å². The van der Waals surface area contributed by atoms with Crippen LogP contribution in [-0.2, 0) is 10.8 Å². The van der Waals surface area contributed by atoms with E-state index in [4.69, 9.17) is 4.74 Å². The molecule has 258 valence electrons. The second-order valence-corrected chi connectivity index (χ2v) is 14.7. The van der Waals surface area contributed by atoms with Crippen molar-refractivity contribution in [3.63, 3.8) is 0 Å². The highest BCUT2D eigenvalue weighted by Crippen LogP contribution is 2.61. The van der Waals surface area contributed by atoms with Gasteiger partial charge in [0.1, 0.15) is 11.5 Å². The molecule has 9 aromatic carbocycles. The number of ether oxygens (including phenoxy) is 1. The fraction of sp³-hybridized carbons (Fsp3) is 0.0370. The standard InChI is InChI=1S/C54H36O/c1-5-19-39(20-6-1)53(40-21-7-2-8-22-40)47-29-15-16-30-49(47)55-50-31-17-28-44(52(50)53)38-33-34-45-46-35-32-37-18-13-14-27-43(37)51(46)54(48(45)36-38,41-23-9-3-10-24-41)42-25-11-4-12-26-42/h1-36H. The van der Waals surface area contributed by atoms with Crippen LogP contribution >= 0.6 is 0 Å². The summed E-state index contributed by atoms with van der Waals surface area (Å²) < 4.78 is 6.91. The summed E-state index contributed by atoms with van der Waals surface area (Å²) >= 11 is 0. The first kappa shape index (κ1) is 31.6. The molecule has 0 fully saturated rings. The topological polar surface area (TPSA) is 9.23 Å². The predicted octanol–water partition coefficient (Wildman–Crippen LogP) is 13.4. The van der Waals surface area contributed by atoms with Crippen molar-refractivity contribution in [2.24, 2.45) is 0 Å². The predicted molar refractivity (Wildman–Crippen MR) is 225 cm³/mol. The van der Waals surface area contributed by atoms with Gasteiger partial charge in [-0.15, -0.1) is 0 Å². The maximum absolute atomic E-state index is 6.91. The Hall–Kier alpha value is -6.96. The highest BCUT2D eigenvalue weighted by molar-refractivity contribution is 6.01. The maximum Gasteiger partial charge on any atom is 0.132 e. The van der Waals surface area contributed by atoms with Crippen LogP contribution in [-0.4, -0.2) is 0 Å². The van der Waals surface area contributed by atoms with Gasteiger partial charge in [0.05, 0.1) is 10.8 Å². The van der Waals surface area contributed by atoms with E-state index in [0.717, 1.165) is 33.8 Å². The summed E-state index contributed by atoms with van der Waals surface area (Å²) in [6.45, 7) is 0. The fourth-order valence-electron chi connectivity index (χ4n) is 9.94. The Morgan fingerprint density at radius 1 is 0.309 bits per heavy atom. The van der Waals surface area contributed by atoms with Gasteiger partial charge in [-0.3, -0.25) is 0 Å². The number of hydrogen-bond acceptors (Lipinski definition) is 1. The SMILES string of the molecule is c1ccc(C2(c3ccccc3)c3ccccc3Oc3cccc(-c4ccc5c(c4)C(c4ccccc4)(c4ccccc4)c4c-5ccc5ccccc45)c32)cc1. The first-order valence-corrected chi connectivity index (χ1v) is 19.1. The third-order valence-electron chi connectivity index (χ3n) is 12.1. The summed E-state index contributed by atoms with van der Waals surface area (Å²) in [6, 6.07) is 80.0. The summed E-state index contributed by atoms with van der Waals surface area (Å²) in [6.07, 6.45) is 0. The lowest BCUT2D eigenvalue weighted by Crippen LogP contribution is -2.34. The zero-order valence-corrected chi connectivity index (χ0v) is 30.2. The first-order valence-electron chi connectivity index (χ1n) is 19.1. The molecule has 9 aromatic rings. The van der Waals surface area contributed by atoms with Crippen LogP contribution in [0.1, 0.15) is 44.5 Å². The molecule has 0 bridgehead atoms. The minimum Gasteiger partial charge on any atom is -0.457 e. The minimum absolute atomic E-state index is 0.558. The zero-order chi connectivity index (χ0) is 36.4. The molecule has 0 N–H and O–H groups in total. The average molecular weight is 701 g/mol. The normalized spacial score (nSPS) is 14.3. The molecule has 0 atom stereocenters. The quantitative estimate of drug-likeness (QED) is 0.174. The molecule has 0 radical (unpaired) electrons. The Labute approximate surface area is 321 Å². The molecule has 55 heavy (non-hydrogen) atoms. The maximum atomic E-state index is 6.91. The van der Waals surface area contributed by atoms with E-state index in [1.54, 1.807) is 0 Å². The van der Waals surface area contributed by atoms with Crippen molar-refractivity contribution in [1.82, 2.24) is 0 Å². The number of para-hydroxylation sites is 1. The van der Waals surface area contributed by atoms with E-state index >= 15 is 0 Å². The highest BCUT2D eigenvalue weighted by atomic mass is 16.5. The number of fused-ring (bicyclic) bond motifs is 7. The van der Waals surface area contributed by atoms with Crippen molar-refractivity contribution in [1.29, 1.82) is 0 Å². The van der Waals surface area contributed by atoms with E-state index in [1.165, 1.54) is 55.3 Å². The Morgan fingerprint density at radius 2 is 0.818 bits per heavy atom. The van der Waals surface area contributed by atoms with Gasteiger partial charge in [0, 0.05) is 11.1 Å². The van der Waals surface area contributed by atoms with Crippen LogP contribution in [0.4, 0.5) is 0 Å². The molecule has 0 spiro atoms. The highest BCUT2D eigenvalue weighted by Gasteiger charge is 2.49. The van der Waals surface area contributed by atoms with Gasteiger partial charge in [-0.2, -0.15) is 0 Å². The van der Waals surface area contributed by atoms with E-state index in [2.05, 4.69) is 218 Å². The van der Waals surface area contributed by atoms with Gasteiger partial charge >= 0.3 is 0 Å². The Kier molecular flexibility index (Phi) is 7.06. The van der Waals surface area contributed by atoms with Gasteiger partial charge in [0.25, 0.3) is 0 Å². The molecule has 1 heterocycles. The van der Waals surface area contributed by atoms with Crippen LogP contribution in [0.5, 0.6) is 11.5 Å². The van der Waals surface area contributed by atoms with E-state index < -0.39 is 10.8 Å². The molecule has 0 unspecified atom stereocenters. The lowest BCUT2D eigenvalue weighted by Gasteiger charge is -2.42. The van der Waals surface area contributed by atoms with Crippen molar-refractivity contribution in [2.45, 2.75) is 10.8 Å². The van der Waals surface area contributed by atoms with Gasteiger partial charge in [-0.05, 0) is 84.6 Å². The molecule has 0 saturated heterocycles. The molecule has 1 heteroatoms. The van der Waals surface area contributed by atoms with E-state index in [9.17, 15) is 0 Å². The Morgan fingerprint density at radius 3 is 1.45 bits per heavy atom. The summed E-state index contributed by atoms with van der Waals surface area (Å²) in [4.78, 5) is 0. The second kappa shape index (κ2) is 12.3. The van der Waals surface area contributed by atoms with Crippen molar-refractivity contribution in [2.75, 3.05) is 0 Å². The van der Waals surface area contributed by atoms with Crippen molar-refractivity contribution in [3.05, 3.63) is 263 Å². The van der Waals surface area contributed by atoms with Crippen molar-refractivity contribution in [3.8, 4) is 33.8 Å². The molecule has 1 aliphatic heterocycles. The van der Waals surface area contributed by atoms with Gasteiger partial charge in [-0.1, -0.05) is 200 Å². The third kappa shape index (κ3) is 4.41. The van der Waals surface area contributed by atoms with E-state index in [0.29, 0.717) is 0 Å². The molecule has 0 amide bonds. The number of hydrogen-bond donors (Lipinski definition) is 0. The Balaban J connectivity index is 1.26. The molecular formula is C54H36O. The molecular weight excluding hydrogens is 665 g/mol. The van der Waals surface area contributed by atoms with Crippen molar-refractivity contribution >= 4 is 10.8 Å². The number of rotatable bonds is 5. The molecule has 0 aromatic heterocycles. The first-order chi connectivity index (χ1) is 27.3. The van der Waals surface area contributed by atoms with Gasteiger partial charge < -0.3 is 4.74 Å². The molecule has 2 aliphatic rings. The average Bonchev–Trinajstić information content (AvgIpc) is 3.57. The minimum atomic E-state index is -0.641. The van der Waals surface area contributed by atoms with Crippen LogP contribution in [0.2, 0.25) is 0 Å². The lowest BCUT2D eigenvalue weighted by atomic mass is 9.62. The van der Waals surface area contributed by atoms with Crippen molar-refractivity contribution < 1.29 is 4.74 Å². The number of benzene rings is 9. The second-order valence-electron chi connectivity index (χ2n) is 14.7. The zero-order valence-electron chi connectivity index (χ0n) is 30.2. The van der Waals surface area contributed by atoms with E-state index in [-0.39, 0.29) is 0 Å². The van der Waals surface area contributed by atoms with Crippen LogP contribution in [0.3, 0.4) is 0 Å². The van der Waals surface area contributed by atoms with Crippen LogP contribution in [0.25, 0.3) is 33.0 Å². The van der Waals surface area contributed by atoms with Gasteiger partial charge in [0.2, 0.25) is 0 Å². The lowest BCUT2D eigenvalue weighted by molar-refractivity contribution is 0.435. The molecule has 1 aliphatic carbocycles.